The van der Waals surface area contributed by atoms with Crippen LogP contribution in [-0.4, -0.2) is 28.8 Å². The number of aryl methyl sites for hydroxylation is 1. The Morgan fingerprint density at radius 3 is 2.86 bits per heavy atom. The molecule has 0 atom stereocenters. The Morgan fingerprint density at radius 2 is 2.07 bits per heavy atom. The fourth-order valence-corrected chi connectivity index (χ4v) is 2.56. The molecule has 9 heteroatoms. The second kappa shape index (κ2) is 9.14. The molecular formula is C19H18BrN5O3. The van der Waals surface area contributed by atoms with Gasteiger partial charge in [-0.3, -0.25) is 15.3 Å². The maximum atomic E-state index is 12.3. The van der Waals surface area contributed by atoms with E-state index < -0.39 is 6.03 Å². The second-order valence-electron chi connectivity index (χ2n) is 5.78. The summed E-state index contributed by atoms with van der Waals surface area (Å²) in [4.78, 5) is 24.7. The van der Waals surface area contributed by atoms with Crippen LogP contribution < -0.4 is 15.4 Å². The third-order valence-corrected chi connectivity index (χ3v) is 4.11. The zero-order valence-electron chi connectivity index (χ0n) is 15.3. The van der Waals surface area contributed by atoms with E-state index in [1.165, 1.54) is 12.5 Å². The number of aromatic nitrogens is 2. The first-order chi connectivity index (χ1) is 13.5. The maximum Gasteiger partial charge on any atom is 0.325 e. The van der Waals surface area contributed by atoms with Crippen molar-refractivity contribution in [2.24, 2.45) is 4.99 Å². The van der Waals surface area contributed by atoms with Crippen LogP contribution in [0.15, 0.2) is 63.9 Å². The van der Waals surface area contributed by atoms with Gasteiger partial charge in [0.05, 0.1) is 35.7 Å². The van der Waals surface area contributed by atoms with Gasteiger partial charge in [0.15, 0.2) is 11.6 Å². The van der Waals surface area contributed by atoms with Crippen molar-refractivity contribution in [1.82, 2.24) is 9.97 Å². The minimum absolute atomic E-state index is 0.162. The number of halogens is 1. The number of allylic oxidation sites excluding steroid dienone is 2. The highest BCUT2D eigenvalue weighted by Gasteiger charge is 2.12. The van der Waals surface area contributed by atoms with Gasteiger partial charge in [-0.2, -0.15) is 0 Å². The van der Waals surface area contributed by atoms with E-state index in [1.807, 2.05) is 19.9 Å². The van der Waals surface area contributed by atoms with Gasteiger partial charge in [-0.15, -0.1) is 0 Å². The lowest BCUT2D eigenvalue weighted by Gasteiger charge is -2.15. The van der Waals surface area contributed by atoms with Crippen molar-refractivity contribution >= 4 is 39.7 Å². The molecule has 0 saturated carbocycles. The van der Waals surface area contributed by atoms with Crippen molar-refractivity contribution in [3.8, 4) is 5.75 Å². The van der Waals surface area contributed by atoms with E-state index in [9.17, 15) is 4.79 Å². The van der Waals surface area contributed by atoms with E-state index in [0.29, 0.717) is 28.7 Å². The average molecular weight is 444 g/mol. The molecule has 28 heavy (non-hydrogen) atoms. The molecule has 2 aromatic rings. The molecule has 1 aromatic carbocycles. The van der Waals surface area contributed by atoms with Crippen LogP contribution in [0.5, 0.6) is 5.75 Å². The van der Waals surface area contributed by atoms with Crippen molar-refractivity contribution in [2.45, 2.75) is 13.8 Å². The molecule has 0 bridgehead atoms. The van der Waals surface area contributed by atoms with E-state index >= 15 is 0 Å². The predicted octanol–water partition coefficient (Wildman–Crippen LogP) is 4.42. The van der Waals surface area contributed by atoms with Gasteiger partial charge in [0, 0.05) is 10.7 Å². The summed E-state index contributed by atoms with van der Waals surface area (Å²) in [7, 11) is 0. The minimum atomic E-state index is -0.463. The molecule has 0 radical (unpaired) electrons. The van der Waals surface area contributed by atoms with Crippen molar-refractivity contribution in [3.63, 3.8) is 0 Å². The Kier molecular flexibility index (Phi) is 6.38. The number of carbonyl (C=O) groups is 1. The number of carbonyl (C=O) groups excluding carboxylic acids is 1. The van der Waals surface area contributed by atoms with Crippen LogP contribution in [0.25, 0.3) is 0 Å². The lowest BCUT2D eigenvalue weighted by atomic mass is 10.3. The summed E-state index contributed by atoms with van der Waals surface area (Å²) in [6.07, 6.45) is 7.94. The Balaban J connectivity index is 1.69. The number of amides is 2. The van der Waals surface area contributed by atoms with E-state index in [0.717, 1.165) is 10.2 Å². The Labute approximate surface area is 170 Å². The number of aliphatic imine (C=N–C) groups is 1. The standard InChI is InChI=1S/C19H18BrN5O3/c1-12-9-23-18(10-22-12)25-19(26)24-15-8-14(20)4-5-16(15)28-11-17-13(2)21-6-3-7-27-17/h3-10H,11H2,1-2H3,(H2,23,24,25,26). The molecular weight excluding hydrogens is 426 g/mol. The van der Waals surface area contributed by atoms with Crippen LogP contribution in [0.2, 0.25) is 0 Å². The van der Waals surface area contributed by atoms with E-state index in [-0.39, 0.29) is 6.61 Å². The number of nitrogens with zero attached hydrogens (tertiary/aromatic N) is 3. The fraction of sp³-hybridized carbons (Fsp3) is 0.158. The number of nitrogens with one attached hydrogen (secondary N) is 2. The van der Waals surface area contributed by atoms with Gasteiger partial charge in [-0.05, 0) is 38.1 Å². The van der Waals surface area contributed by atoms with E-state index in [2.05, 4.69) is 41.5 Å². The number of rotatable bonds is 5. The third-order valence-electron chi connectivity index (χ3n) is 3.62. The monoisotopic (exact) mass is 443 g/mol. The first-order valence-corrected chi connectivity index (χ1v) is 9.15. The van der Waals surface area contributed by atoms with Gasteiger partial charge in [0.25, 0.3) is 0 Å². The number of hydrogen-bond donors (Lipinski definition) is 2. The molecule has 2 amide bonds. The highest BCUT2D eigenvalue weighted by molar-refractivity contribution is 9.10. The van der Waals surface area contributed by atoms with Gasteiger partial charge in [-0.25, -0.2) is 9.78 Å². The molecule has 1 aliphatic rings. The van der Waals surface area contributed by atoms with E-state index in [1.54, 1.807) is 30.6 Å². The Bertz CT molecular complexity index is 955. The zero-order valence-corrected chi connectivity index (χ0v) is 16.9. The molecule has 0 saturated heterocycles. The summed E-state index contributed by atoms with van der Waals surface area (Å²) in [6.45, 7) is 3.81. The zero-order chi connectivity index (χ0) is 19.9. The molecule has 1 aliphatic heterocycles. The molecule has 0 spiro atoms. The summed E-state index contributed by atoms with van der Waals surface area (Å²) in [5, 5.41) is 5.38. The summed E-state index contributed by atoms with van der Waals surface area (Å²) < 4.78 is 12.1. The van der Waals surface area contributed by atoms with Crippen molar-refractivity contribution < 1.29 is 14.3 Å². The summed E-state index contributed by atoms with van der Waals surface area (Å²) >= 11 is 3.40. The van der Waals surface area contributed by atoms with Gasteiger partial charge in [0.2, 0.25) is 0 Å². The third kappa shape index (κ3) is 5.40. The summed E-state index contributed by atoms with van der Waals surface area (Å²) in [6, 6.07) is 4.84. The van der Waals surface area contributed by atoms with Gasteiger partial charge >= 0.3 is 6.03 Å². The summed E-state index contributed by atoms with van der Waals surface area (Å²) in [5.41, 5.74) is 1.96. The molecule has 2 heterocycles. The predicted molar refractivity (Wildman–Crippen MR) is 110 cm³/mol. The maximum absolute atomic E-state index is 12.3. The Morgan fingerprint density at radius 1 is 1.21 bits per heavy atom. The van der Waals surface area contributed by atoms with Crippen LogP contribution in [0.1, 0.15) is 12.6 Å². The van der Waals surface area contributed by atoms with Crippen LogP contribution in [0.3, 0.4) is 0 Å². The van der Waals surface area contributed by atoms with Gasteiger partial charge < -0.3 is 14.8 Å². The fourth-order valence-electron chi connectivity index (χ4n) is 2.20. The van der Waals surface area contributed by atoms with Crippen LogP contribution in [-0.2, 0) is 4.74 Å². The van der Waals surface area contributed by atoms with Crippen molar-refractivity contribution in [2.75, 3.05) is 17.2 Å². The SMILES string of the molecule is CC1=C(COc2ccc(Br)cc2NC(=O)Nc2cnc(C)cn2)OC=CC=N1. The number of urea groups is 1. The number of hydrogen-bond acceptors (Lipinski definition) is 6. The normalized spacial score (nSPS) is 13.0. The topological polar surface area (TPSA) is 97.7 Å². The molecule has 0 fully saturated rings. The average Bonchev–Trinajstić information content (AvgIpc) is 2.87. The lowest BCUT2D eigenvalue weighted by molar-refractivity contribution is 0.247. The van der Waals surface area contributed by atoms with Gasteiger partial charge in [-0.1, -0.05) is 15.9 Å². The van der Waals surface area contributed by atoms with Crippen LogP contribution >= 0.6 is 15.9 Å². The van der Waals surface area contributed by atoms with Crippen molar-refractivity contribution in [3.05, 3.63) is 64.6 Å². The van der Waals surface area contributed by atoms with Crippen LogP contribution in [0.4, 0.5) is 16.3 Å². The van der Waals surface area contributed by atoms with Gasteiger partial charge in [0.1, 0.15) is 12.4 Å². The van der Waals surface area contributed by atoms with E-state index in [4.69, 9.17) is 9.47 Å². The Hall–Kier alpha value is -3.20. The minimum Gasteiger partial charge on any atom is -0.483 e. The largest absolute Gasteiger partial charge is 0.483 e. The molecule has 0 aliphatic carbocycles. The quantitative estimate of drug-likeness (QED) is 0.712. The highest BCUT2D eigenvalue weighted by Crippen LogP contribution is 2.29. The smallest absolute Gasteiger partial charge is 0.325 e. The number of ether oxygens (including phenoxy) is 2. The number of anilines is 2. The summed E-state index contributed by atoms with van der Waals surface area (Å²) in [5.74, 6) is 1.41. The molecule has 8 nitrogen and oxygen atoms in total. The second-order valence-corrected chi connectivity index (χ2v) is 6.70. The molecule has 3 rings (SSSR count). The van der Waals surface area contributed by atoms with Crippen LogP contribution in [0, 0.1) is 6.92 Å². The number of benzene rings is 1. The molecule has 1 aromatic heterocycles. The first-order valence-electron chi connectivity index (χ1n) is 8.36. The first kappa shape index (κ1) is 19.6. The highest BCUT2D eigenvalue weighted by atomic mass is 79.9. The lowest BCUT2D eigenvalue weighted by Crippen LogP contribution is -2.21. The molecule has 144 valence electrons. The van der Waals surface area contributed by atoms with Crippen molar-refractivity contribution in [1.29, 1.82) is 0 Å². The molecule has 2 N–H and O–H groups in total. The molecule has 0 unspecified atom stereocenters.